The third kappa shape index (κ3) is 4.35. The number of guanidine groups is 1. The van der Waals surface area contributed by atoms with E-state index in [9.17, 15) is 0 Å². The monoisotopic (exact) mass is 268 g/mol. The van der Waals surface area contributed by atoms with Crippen molar-refractivity contribution in [3.05, 3.63) is 0 Å². The Balaban J connectivity index is 1.93. The molecule has 0 aromatic carbocycles. The Hall–Kier alpha value is -0.810. The number of hydrogen-bond acceptors (Lipinski definition) is 3. The van der Waals surface area contributed by atoms with Crippen LogP contribution in [-0.2, 0) is 0 Å². The van der Waals surface area contributed by atoms with Crippen molar-refractivity contribution in [3.63, 3.8) is 0 Å². The average Bonchev–Trinajstić information content (AvgIpc) is 2.46. The van der Waals surface area contributed by atoms with E-state index in [4.69, 9.17) is 15.9 Å². The molecule has 1 atom stereocenters. The first-order valence-electron chi connectivity index (χ1n) is 7.73. The smallest absolute Gasteiger partial charge is 0.208 e. The lowest BCUT2D eigenvalue weighted by Crippen LogP contribution is -2.49. The molecule has 0 radical (unpaired) electrons. The molecule has 19 heavy (non-hydrogen) atoms. The standard InChI is InChI=1S/C14H28N4O/c15-17-14(16-13-6-2-1-3-7-13)18-9-4-5-12(11-18)8-10-19/h12-13,19H,1-11,15H2,(H,16,17). The van der Waals surface area contributed by atoms with Crippen LogP contribution in [0.15, 0.2) is 4.99 Å². The zero-order valence-electron chi connectivity index (χ0n) is 11.9. The molecule has 0 amide bonds. The predicted octanol–water partition coefficient (Wildman–Crippen LogP) is 1.23. The molecule has 0 bridgehead atoms. The fraction of sp³-hybridized carbons (Fsp3) is 0.929. The van der Waals surface area contributed by atoms with Crippen molar-refractivity contribution in [3.8, 4) is 0 Å². The van der Waals surface area contributed by atoms with Gasteiger partial charge in [0.15, 0.2) is 0 Å². The second-order valence-corrected chi connectivity index (χ2v) is 5.86. The maximum absolute atomic E-state index is 9.07. The number of nitrogens with one attached hydrogen (secondary N) is 1. The summed E-state index contributed by atoms with van der Waals surface area (Å²) >= 11 is 0. The molecule has 2 aliphatic rings. The van der Waals surface area contributed by atoms with Crippen molar-refractivity contribution >= 4 is 5.96 Å². The van der Waals surface area contributed by atoms with E-state index in [1.54, 1.807) is 0 Å². The van der Waals surface area contributed by atoms with Crippen molar-refractivity contribution < 1.29 is 5.11 Å². The first kappa shape index (κ1) is 14.6. The Kier molecular flexibility index (Phi) is 5.92. The number of nitrogens with two attached hydrogens (primary N) is 1. The normalized spacial score (nSPS) is 26.5. The number of likely N-dealkylation sites (tertiary alicyclic amines) is 1. The summed E-state index contributed by atoms with van der Waals surface area (Å²) in [5, 5.41) is 9.07. The van der Waals surface area contributed by atoms with E-state index in [0.29, 0.717) is 12.0 Å². The van der Waals surface area contributed by atoms with Crippen LogP contribution in [0.3, 0.4) is 0 Å². The first-order valence-corrected chi connectivity index (χ1v) is 7.73. The minimum absolute atomic E-state index is 0.281. The van der Waals surface area contributed by atoms with Gasteiger partial charge in [-0.2, -0.15) is 0 Å². The summed E-state index contributed by atoms with van der Waals surface area (Å²) in [5.41, 5.74) is 2.80. The van der Waals surface area contributed by atoms with Crippen LogP contribution in [0, 0.1) is 5.92 Å². The SMILES string of the molecule is NNC(=NC1CCCCC1)N1CCCC(CCO)C1. The van der Waals surface area contributed by atoms with Gasteiger partial charge in [0, 0.05) is 19.7 Å². The van der Waals surface area contributed by atoms with Crippen molar-refractivity contribution in [2.45, 2.75) is 57.4 Å². The zero-order chi connectivity index (χ0) is 13.5. The summed E-state index contributed by atoms with van der Waals surface area (Å²) in [7, 11) is 0. The zero-order valence-corrected chi connectivity index (χ0v) is 11.9. The quantitative estimate of drug-likeness (QED) is 0.311. The van der Waals surface area contributed by atoms with Crippen molar-refractivity contribution in [2.24, 2.45) is 16.8 Å². The van der Waals surface area contributed by atoms with E-state index in [1.165, 1.54) is 38.5 Å². The molecule has 0 aromatic rings. The Morgan fingerprint density at radius 2 is 2.00 bits per heavy atom. The van der Waals surface area contributed by atoms with Crippen LogP contribution in [0.25, 0.3) is 0 Å². The number of hydrogen-bond donors (Lipinski definition) is 3. The summed E-state index contributed by atoms with van der Waals surface area (Å²) < 4.78 is 0. The van der Waals surface area contributed by atoms with Gasteiger partial charge >= 0.3 is 0 Å². The van der Waals surface area contributed by atoms with Crippen LogP contribution in [0.2, 0.25) is 0 Å². The average molecular weight is 268 g/mol. The summed E-state index contributed by atoms with van der Waals surface area (Å²) in [6.45, 7) is 2.28. The highest BCUT2D eigenvalue weighted by Gasteiger charge is 2.23. The molecule has 5 nitrogen and oxygen atoms in total. The number of piperidine rings is 1. The number of hydrazine groups is 1. The minimum Gasteiger partial charge on any atom is -0.396 e. The highest BCUT2D eigenvalue weighted by atomic mass is 16.3. The fourth-order valence-electron chi connectivity index (χ4n) is 3.27. The van der Waals surface area contributed by atoms with Gasteiger partial charge in [-0.25, -0.2) is 10.8 Å². The Bertz CT molecular complexity index is 287. The summed E-state index contributed by atoms with van der Waals surface area (Å²) in [6, 6.07) is 0.443. The van der Waals surface area contributed by atoms with Gasteiger partial charge in [0.2, 0.25) is 5.96 Å². The number of aliphatic imine (C=N–C) groups is 1. The van der Waals surface area contributed by atoms with Crippen LogP contribution in [0.1, 0.15) is 51.4 Å². The molecule has 1 saturated heterocycles. The number of aliphatic hydroxyl groups is 1. The summed E-state index contributed by atoms with van der Waals surface area (Å²) in [6.07, 6.45) is 9.57. The van der Waals surface area contributed by atoms with E-state index in [0.717, 1.165) is 31.9 Å². The summed E-state index contributed by atoms with van der Waals surface area (Å²) in [5.74, 6) is 7.10. The van der Waals surface area contributed by atoms with E-state index in [-0.39, 0.29) is 6.61 Å². The number of rotatable bonds is 3. The van der Waals surface area contributed by atoms with Crippen molar-refractivity contribution in [1.82, 2.24) is 10.3 Å². The molecular formula is C14H28N4O. The van der Waals surface area contributed by atoms with Crippen LogP contribution in [0.5, 0.6) is 0 Å². The number of nitrogens with zero attached hydrogens (tertiary/aromatic N) is 2. The van der Waals surface area contributed by atoms with Gasteiger partial charge in [-0.3, -0.25) is 5.43 Å². The third-order valence-corrected chi connectivity index (χ3v) is 4.36. The Morgan fingerprint density at radius 1 is 1.21 bits per heavy atom. The fourth-order valence-corrected chi connectivity index (χ4v) is 3.27. The molecule has 1 unspecified atom stereocenters. The van der Waals surface area contributed by atoms with Crippen LogP contribution >= 0.6 is 0 Å². The lowest BCUT2D eigenvalue weighted by atomic mass is 9.95. The second kappa shape index (κ2) is 7.70. The Labute approximate surface area is 116 Å². The van der Waals surface area contributed by atoms with Crippen LogP contribution < -0.4 is 11.3 Å². The molecule has 1 heterocycles. The molecule has 2 fully saturated rings. The largest absolute Gasteiger partial charge is 0.396 e. The highest BCUT2D eigenvalue weighted by molar-refractivity contribution is 5.79. The van der Waals surface area contributed by atoms with Gasteiger partial charge < -0.3 is 10.0 Å². The Morgan fingerprint density at radius 3 is 2.68 bits per heavy atom. The molecule has 1 saturated carbocycles. The molecular weight excluding hydrogens is 240 g/mol. The molecule has 1 aliphatic heterocycles. The predicted molar refractivity (Wildman–Crippen MR) is 77.6 cm³/mol. The lowest BCUT2D eigenvalue weighted by molar-refractivity contribution is 0.194. The van der Waals surface area contributed by atoms with Crippen molar-refractivity contribution in [1.29, 1.82) is 0 Å². The summed E-state index contributed by atoms with van der Waals surface area (Å²) in [4.78, 5) is 7.08. The lowest BCUT2D eigenvalue weighted by Gasteiger charge is -2.35. The van der Waals surface area contributed by atoms with Crippen LogP contribution in [0.4, 0.5) is 0 Å². The van der Waals surface area contributed by atoms with E-state index < -0.39 is 0 Å². The maximum Gasteiger partial charge on any atom is 0.208 e. The topological polar surface area (TPSA) is 73.9 Å². The molecule has 110 valence electrons. The molecule has 5 heteroatoms. The molecule has 0 spiro atoms. The first-order chi connectivity index (χ1) is 9.33. The minimum atomic E-state index is 0.281. The molecule has 1 aliphatic carbocycles. The molecule has 4 N–H and O–H groups in total. The van der Waals surface area contributed by atoms with Gasteiger partial charge in [-0.15, -0.1) is 0 Å². The van der Waals surface area contributed by atoms with Gasteiger partial charge in [0.25, 0.3) is 0 Å². The van der Waals surface area contributed by atoms with Crippen LogP contribution in [-0.4, -0.2) is 41.7 Å². The van der Waals surface area contributed by atoms with Crippen molar-refractivity contribution in [2.75, 3.05) is 19.7 Å². The van der Waals surface area contributed by atoms with E-state index in [2.05, 4.69) is 10.3 Å². The van der Waals surface area contributed by atoms with Gasteiger partial charge in [0.05, 0.1) is 6.04 Å². The third-order valence-electron chi connectivity index (χ3n) is 4.36. The van der Waals surface area contributed by atoms with E-state index >= 15 is 0 Å². The van der Waals surface area contributed by atoms with Gasteiger partial charge in [-0.1, -0.05) is 19.3 Å². The van der Waals surface area contributed by atoms with Gasteiger partial charge in [-0.05, 0) is 38.0 Å². The molecule has 0 aromatic heterocycles. The molecule has 2 rings (SSSR count). The number of aliphatic hydroxyl groups excluding tert-OH is 1. The van der Waals surface area contributed by atoms with E-state index in [1.807, 2.05) is 0 Å². The highest BCUT2D eigenvalue weighted by Crippen LogP contribution is 2.22. The second-order valence-electron chi connectivity index (χ2n) is 5.86. The van der Waals surface area contributed by atoms with Gasteiger partial charge in [0.1, 0.15) is 0 Å². The maximum atomic E-state index is 9.07.